The number of ether oxygens (including phenoxy) is 4. The van der Waals surface area contributed by atoms with E-state index in [1.54, 1.807) is 6.08 Å². The molecule has 14 heteroatoms. The quantitative estimate of drug-likeness (QED) is 0.0204. The molecule has 0 radical (unpaired) electrons. The van der Waals surface area contributed by atoms with Crippen LogP contribution in [0, 0.1) is 0 Å². The third kappa shape index (κ3) is 36.2. The molecule has 0 spiro atoms. The van der Waals surface area contributed by atoms with E-state index < -0.39 is 86.8 Å². The van der Waals surface area contributed by atoms with E-state index in [1.807, 2.05) is 6.08 Å². The van der Waals surface area contributed by atoms with Crippen LogP contribution in [0.1, 0.15) is 303 Å². The van der Waals surface area contributed by atoms with E-state index in [-0.39, 0.29) is 18.9 Å². The molecule has 2 rings (SSSR count). The van der Waals surface area contributed by atoms with Gasteiger partial charge in [0.2, 0.25) is 5.91 Å². The van der Waals surface area contributed by atoms with Crippen LogP contribution in [0.2, 0.25) is 0 Å². The van der Waals surface area contributed by atoms with Crippen LogP contribution in [0.15, 0.2) is 12.2 Å². The zero-order chi connectivity index (χ0) is 57.4. The molecule has 12 atom stereocenters. The number of nitrogens with one attached hydrogen (secondary N) is 1. The van der Waals surface area contributed by atoms with E-state index in [9.17, 15) is 45.6 Å². The first kappa shape index (κ1) is 73.8. The highest BCUT2D eigenvalue weighted by atomic mass is 16.7. The van der Waals surface area contributed by atoms with Gasteiger partial charge in [0.05, 0.1) is 32.0 Å². The Morgan fingerprint density at radius 1 is 0.443 bits per heavy atom. The molecule has 468 valence electrons. The molecule has 2 fully saturated rings. The van der Waals surface area contributed by atoms with Crippen molar-refractivity contribution in [1.82, 2.24) is 5.32 Å². The lowest BCUT2D eigenvalue weighted by Crippen LogP contribution is -2.65. The molecule has 0 saturated carbocycles. The first-order chi connectivity index (χ1) is 38.6. The number of aliphatic hydroxyl groups is 8. The van der Waals surface area contributed by atoms with Crippen LogP contribution in [0.5, 0.6) is 0 Å². The fourth-order valence-electron chi connectivity index (χ4n) is 11.4. The van der Waals surface area contributed by atoms with Gasteiger partial charge in [-0.3, -0.25) is 4.79 Å². The Morgan fingerprint density at radius 3 is 1.16 bits per heavy atom. The molecular weight excluding hydrogens is 1000 g/mol. The Hall–Kier alpha value is -1.27. The maximum atomic E-state index is 13.3. The van der Waals surface area contributed by atoms with Gasteiger partial charge in [0.1, 0.15) is 48.8 Å². The first-order valence-electron chi connectivity index (χ1n) is 33.4. The second-order valence-corrected chi connectivity index (χ2v) is 24.0. The minimum absolute atomic E-state index is 0.233. The van der Waals surface area contributed by atoms with Gasteiger partial charge in [-0.15, -0.1) is 0 Å². The van der Waals surface area contributed by atoms with Crippen LogP contribution < -0.4 is 5.32 Å². The van der Waals surface area contributed by atoms with Crippen molar-refractivity contribution in [2.75, 3.05) is 19.8 Å². The van der Waals surface area contributed by atoms with E-state index in [0.717, 1.165) is 38.5 Å². The van der Waals surface area contributed by atoms with Crippen molar-refractivity contribution >= 4 is 5.91 Å². The summed E-state index contributed by atoms with van der Waals surface area (Å²) in [5, 5.41) is 87.2. The number of carbonyl (C=O) groups excluding carboxylic acids is 1. The van der Waals surface area contributed by atoms with Gasteiger partial charge in [0.15, 0.2) is 12.6 Å². The number of hydrogen-bond donors (Lipinski definition) is 9. The second-order valence-electron chi connectivity index (χ2n) is 24.0. The molecule has 79 heavy (non-hydrogen) atoms. The Morgan fingerprint density at radius 2 is 0.785 bits per heavy atom. The Bertz CT molecular complexity index is 1380. The van der Waals surface area contributed by atoms with E-state index >= 15 is 0 Å². The Labute approximate surface area is 482 Å². The van der Waals surface area contributed by atoms with Crippen molar-refractivity contribution in [3.05, 3.63) is 12.2 Å². The predicted octanol–water partition coefficient (Wildman–Crippen LogP) is 12.6. The maximum Gasteiger partial charge on any atom is 0.220 e. The van der Waals surface area contributed by atoms with E-state index in [4.69, 9.17) is 18.9 Å². The van der Waals surface area contributed by atoms with Crippen LogP contribution >= 0.6 is 0 Å². The molecule has 2 heterocycles. The second kappa shape index (κ2) is 51.2. The van der Waals surface area contributed by atoms with Gasteiger partial charge >= 0.3 is 0 Å². The van der Waals surface area contributed by atoms with Crippen molar-refractivity contribution < 1.29 is 64.6 Å². The number of hydrogen-bond acceptors (Lipinski definition) is 13. The molecule has 9 N–H and O–H groups in total. The summed E-state index contributed by atoms with van der Waals surface area (Å²) < 4.78 is 22.8. The summed E-state index contributed by atoms with van der Waals surface area (Å²) in [4.78, 5) is 13.3. The standard InChI is InChI=1S/C65H125NO13/c1-3-5-7-9-11-13-15-17-19-20-21-22-23-24-25-26-27-28-29-30-31-32-33-34-35-37-39-41-43-45-47-49-57(70)66-53(54(69)48-46-44-42-40-38-36-18-16-14-12-10-8-6-4-2)52-76-64-62(75)60(73)63(56(51-68)78-64)79-65-61(74)59(72)58(71)55(50-67)77-65/h46,48,53-56,58-65,67-69,71-75H,3-45,47,49-52H2,1-2H3,(H,66,70)/b48-46+/t53-,54+,55+,56+,58-,59?,60?,61?,62?,63+,64+,65-/m0/s1. The third-order valence-electron chi connectivity index (χ3n) is 16.7. The number of carbonyl (C=O) groups is 1. The van der Waals surface area contributed by atoms with Crippen LogP contribution in [-0.4, -0.2) is 140 Å². The average Bonchev–Trinajstić information content (AvgIpc) is 3.48. The smallest absolute Gasteiger partial charge is 0.220 e. The normalized spacial score (nSPS) is 24.4. The molecule has 1 amide bonds. The van der Waals surface area contributed by atoms with Crippen molar-refractivity contribution in [3.8, 4) is 0 Å². The van der Waals surface area contributed by atoms with Gasteiger partial charge in [-0.1, -0.05) is 289 Å². The zero-order valence-electron chi connectivity index (χ0n) is 50.6. The Balaban J connectivity index is 1.63. The summed E-state index contributed by atoms with van der Waals surface area (Å²) in [6, 6.07) is -0.909. The summed E-state index contributed by atoms with van der Waals surface area (Å²) in [5.41, 5.74) is 0. The van der Waals surface area contributed by atoms with Crippen molar-refractivity contribution in [3.63, 3.8) is 0 Å². The molecule has 0 bridgehead atoms. The Kier molecular flexibility index (Phi) is 47.8. The topological polar surface area (TPSA) is 228 Å². The molecule has 0 aliphatic carbocycles. The van der Waals surface area contributed by atoms with Gasteiger partial charge in [0, 0.05) is 6.42 Å². The van der Waals surface area contributed by atoms with Crippen LogP contribution in [0.25, 0.3) is 0 Å². The van der Waals surface area contributed by atoms with Crippen LogP contribution in [-0.2, 0) is 23.7 Å². The van der Waals surface area contributed by atoms with Crippen molar-refractivity contribution in [2.45, 2.75) is 376 Å². The maximum absolute atomic E-state index is 13.3. The fourth-order valence-corrected chi connectivity index (χ4v) is 11.4. The number of unbranched alkanes of at least 4 members (excludes halogenated alkanes) is 42. The van der Waals surface area contributed by atoms with Crippen LogP contribution in [0.4, 0.5) is 0 Å². The largest absolute Gasteiger partial charge is 0.394 e. The lowest BCUT2D eigenvalue weighted by Gasteiger charge is -2.46. The number of rotatable bonds is 55. The van der Waals surface area contributed by atoms with Gasteiger partial charge < -0.3 is 65.1 Å². The molecule has 14 nitrogen and oxygen atoms in total. The summed E-state index contributed by atoms with van der Waals surface area (Å²) in [5.74, 6) is -0.233. The fraction of sp³-hybridized carbons (Fsp3) is 0.954. The monoisotopic (exact) mass is 1130 g/mol. The number of allylic oxidation sites excluding steroid dienone is 1. The SMILES string of the molecule is CCCCCCCCCCCCCC/C=C/[C@@H](O)[C@H](CO[C@@H]1O[C@H](CO)[C@@H](O[C@@H]2O[C@H](CO)[C@H](O)C(O)C2O)C(O)C1O)NC(=O)CCCCCCCCCCCCCCCCCCCCCCCCCCCCCCCCC. The lowest BCUT2D eigenvalue weighted by atomic mass is 9.97. The molecule has 0 aromatic carbocycles. The van der Waals surface area contributed by atoms with Crippen molar-refractivity contribution in [2.24, 2.45) is 0 Å². The minimum Gasteiger partial charge on any atom is -0.394 e. The summed E-state index contributed by atoms with van der Waals surface area (Å²) in [6.07, 6.45) is 44.2. The highest BCUT2D eigenvalue weighted by Crippen LogP contribution is 2.30. The van der Waals surface area contributed by atoms with E-state index in [0.29, 0.717) is 6.42 Å². The van der Waals surface area contributed by atoms with Crippen LogP contribution in [0.3, 0.4) is 0 Å². The molecule has 2 saturated heterocycles. The van der Waals surface area contributed by atoms with Gasteiger partial charge in [-0.25, -0.2) is 0 Å². The summed E-state index contributed by atoms with van der Waals surface area (Å²) in [7, 11) is 0. The van der Waals surface area contributed by atoms with Gasteiger partial charge in [-0.05, 0) is 19.3 Å². The average molecular weight is 1130 g/mol. The summed E-state index contributed by atoms with van der Waals surface area (Å²) >= 11 is 0. The van der Waals surface area contributed by atoms with E-state index in [2.05, 4.69) is 19.2 Å². The highest BCUT2D eigenvalue weighted by molar-refractivity contribution is 5.76. The molecule has 4 unspecified atom stereocenters. The minimum atomic E-state index is -1.79. The number of aliphatic hydroxyl groups excluding tert-OH is 8. The molecular formula is C65H125NO13. The molecule has 2 aliphatic rings. The van der Waals surface area contributed by atoms with Gasteiger partial charge in [0.25, 0.3) is 0 Å². The predicted molar refractivity (Wildman–Crippen MR) is 319 cm³/mol. The number of amides is 1. The lowest BCUT2D eigenvalue weighted by molar-refractivity contribution is -0.359. The van der Waals surface area contributed by atoms with Gasteiger partial charge in [-0.2, -0.15) is 0 Å². The molecule has 0 aromatic rings. The summed E-state index contributed by atoms with van der Waals surface area (Å²) in [6.45, 7) is 2.83. The van der Waals surface area contributed by atoms with E-state index in [1.165, 1.54) is 238 Å². The molecule has 0 aromatic heterocycles. The first-order valence-corrected chi connectivity index (χ1v) is 33.4. The molecule has 2 aliphatic heterocycles. The zero-order valence-corrected chi connectivity index (χ0v) is 50.6. The van der Waals surface area contributed by atoms with Crippen molar-refractivity contribution in [1.29, 1.82) is 0 Å². The highest BCUT2D eigenvalue weighted by Gasteiger charge is 2.51. The third-order valence-corrected chi connectivity index (χ3v) is 16.7.